The third-order valence-corrected chi connectivity index (χ3v) is 2.32. The second kappa shape index (κ2) is 3.68. The van der Waals surface area contributed by atoms with E-state index in [0.717, 1.165) is 5.69 Å². The van der Waals surface area contributed by atoms with Gasteiger partial charge in [0, 0.05) is 23.5 Å². The van der Waals surface area contributed by atoms with E-state index in [2.05, 4.69) is 23.2 Å². The van der Waals surface area contributed by atoms with E-state index in [1.54, 1.807) is 0 Å². The molecule has 0 aliphatic heterocycles. The van der Waals surface area contributed by atoms with Crippen molar-refractivity contribution in [1.82, 2.24) is 4.98 Å². The van der Waals surface area contributed by atoms with E-state index in [0.29, 0.717) is 0 Å². The summed E-state index contributed by atoms with van der Waals surface area (Å²) in [6.45, 7) is 1.98. The molecule has 2 rings (SSSR count). The Morgan fingerprint density at radius 1 is 1.14 bits per heavy atom. The zero-order valence-electron chi connectivity index (χ0n) is 8.20. The highest BCUT2D eigenvalue weighted by Crippen LogP contribution is 2.25. The average molecular weight is 186 g/mol. The first kappa shape index (κ1) is 9.03. The fourth-order valence-corrected chi connectivity index (χ4v) is 1.63. The van der Waals surface area contributed by atoms with Crippen molar-refractivity contribution < 1.29 is 0 Å². The lowest BCUT2D eigenvalue weighted by atomic mass is 10.0. The standard InChI is InChI=1S/C12H14N2/c1-9(13)12-11(7-8-14-12)10-5-3-2-4-6-10/h2-9,14H,13H2,1H3/t9-/m0/s1. The molecule has 0 fully saturated rings. The number of nitrogens with one attached hydrogen (secondary N) is 1. The van der Waals surface area contributed by atoms with Crippen molar-refractivity contribution >= 4 is 0 Å². The first-order valence-electron chi connectivity index (χ1n) is 4.77. The van der Waals surface area contributed by atoms with Gasteiger partial charge in [-0.25, -0.2) is 0 Å². The van der Waals surface area contributed by atoms with Crippen LogP contribution in [0.3, 0.4) is 0 Å². The second-order valence-corrected chi connectivity index (χ2v) is 3.46. The van der Waals surface area contributed by atoms with Gasteiger partial charge in [0.1, 0.15) is 0 Å². The Morgan fingerprint density at radius 2 is 1.86 bits per heavy atom. The SMILES string of the molecule is C[C@H](N)c1[nH]ccc1-c1ccccc1. The highest BCUT2D eigenvalue weighted by molar-refractivity contribution is 5.66. The van der Waals surface area contributed by atoms with Gasteiger partial charge in [-0.1, -0.05) is 30.3 Å². The second-order valence-electron chi connectivity index (χ2n) is 3.46. The Bertz CT molecular complexity index is 401. The van der Waals surface area contributed by atoms with E-state index in [1.807, 2.05) is 31.3 Å². The van der Waals surface area contributed by atoms with Gasteiger partial charge in [0.15, 0.2) is 0 Å². The van der Waals surface area contributed by atoms with Crippen LogP contribution in [0.5, 0.6) is 0 Å². The smallest absolute Gasteiger partial charge is 0.0425 e. The molecule has 72 valence electrons. The van der Waals surface area contributed by atoms with Crippen LogP contribution in [0.25, 0.3) is 11.1 Å². The Hall–Kier alpha value is -1.54. The molecule has 2 heteroatoms. The fourth-order valence-electron chi connectivity index (χ4n) is 1.63. The summed E-state index contributed by atoms with van der Waals surface area (Å²) in [5.74, 6) is 0. The molecule has 2 aromatic rings. The number of hydrogen-bond donors (Lipinski definition) is 2. The highest BCUT2D eigenvalue weighted by atomic mass is 14.8. The predicted molar refractivity (Wildman–Crippen MR) is 58.8 cm³/mol. The molecule has 0 spiro atoms. The molecular formula is C12H14N2. The quantitative estimate of drug-likeness (QED) is 0.744. The third-order valence-electron chi connectivity index (χ3n) is 2.32. The molecule has 0 aliphatic carbocycles. The van der Waals surface area contributed by atoms with Gasteiger partial charge in [-0.05, 0) is 18.6 Å². The molecule has 1 atom stereocenters. The summed E-state index contributed by atoms with van der Waals surface area (Å²) in [4.78, 5) is 3.18. The molecule has 0 amide bonds. The van der Waals surface area contributed by atoms with Crippen molar-refractivity contribution in [3.63, 3.8) is 0 Å². The number of aromatic amines is 1. The Labute approximate surface area is 83.8 Å². The van der Waals surface area contributed by atoms with Crippen LogP contribution >= 0.6 is 0 Å². The van der Waals surface area contributed by atoms with Gasteiger partial charge in [-0.3, -0.25) is 0 Å². The molecule has 1 heterocycles. The maximum Gasteiger partial charge on any atom is 0.0425 e. The van der Waals surface area contributed by atoms with E-state index >= 15 is 0 Å². The van der Waals surface area contributed by atoms with E-state index in [9.17, 15) is 0 Å². The van der Waals surface area contributed by atoms with Crippen molar-refractivity contribution in [2.45, 2.75) is 13.0 Å². The van der Waals surface area contributed by atoms with E-state index in [1.165, 1.54) is 11.1 Å². The van der Waals surface area contributed by atoms with Crippen LogP contribution in [0.15, 0.2) is 42.6 Å². The fraction of sp³-hybridized carbons (Fsp3) is 0.167. The summed E-state index contributed by atoms with van der Waals surface area (Å²) in [7, 11) is 0. The van der Waals surface area contributed by atoms with Crippen LogP contribution in [0.4, 0.5) is 0 Å². The lowest BCUT2D eigenvalue weighted by molar-refractivity contribution is 0.791. The van der Waals surface area contributed by atoms with Crippen LogP contribution in [0.2, 0.25) is 0 Å². The molecule has 0 unspecified atom stereocenters. The largest absolute Gasteiger partial charge is 0.363 e. The average Bonchev–Trinajstić information content (AvgIpc) is 2.67. The number of nitrogens with two attached hydrogens (primary N) is 1. The zero-order chi connectivity index (χ0) is 9.97. The monoisotopic (exact) mass is 186 g/mol. The van der Waals surface area contributed by atoms with Crippen LogP contribution in [0.1, 0.15) is 18.7 Å². The molecule has 14 heavy (non-hydrogen) atoms. The van der Waals surface area contributed by atoms with E-state index < -0.39 is 0 Å². The van der Waals surface area contributed by atoms with Crippen molar-refractivity contribution in [2.24, 2.45) is 5.73 Å². The Balaban J connectivity index is 2.47. The molecule has 0 radical (unpaired) electrons. The maximum atomic E-state index is 5.87. The highest BCUT2D eigenvalue weighted by Gasteiger charge is 2.08. The van der Waals surface area contributed by atoms with Gasteiger partial charge in [0.05, 0.1) is 0 Å². The summed E-state index contributed by atoms with van der Waals surface area (Å²) in [6, 6.07) is 12.4. The number of rotatable bonds is 2. The summed E-state index contributed by atoms with van der Waals surface area (Å²) < 4.78 is 0. The van der Waals surface area contributed by atoms with Crippen LogP contribution in [-0.2, 0) is 0 Å². The molecule has 1 aromatic carbocycles. The van der Waals surface area contributed by atoms with Gasteiger partial charge in [-0.2, -0.15) is 0 Å². The molecule has 0 bridgehead atoms. The molecule has 2 nitrogen and oxygen atoms in total. The molecule has 0 aliphatic rings. The normalized spacial score (nSPS) is 12.7. The summed E-state index contributed by atoms with van der Waals surface area (Å²) in [5, 5.41) is 0. The maximum absolute atomic E-state index is 5.87. The topological polar surface area (TPSA) is 41.8 Å². The van der Waals surface area contributed by atoms with E-state index in [4.69, 9.17) is 5.73 Å². The lowest BCUT2D eigenvalue weighted by Gasteiger charge is -2.07. The van der Waals surface area contributed by atoms with Gasteiger partial charge in [-0.15, -0.1) is 0 Å². The molecule has 0 saturated heterocycles. The van der Waals surface area contributed by atoms with Crippen molar-refractivity contribution in [2.75, 3.05) is 0 Å². The molecule has 1 aromatic heterocycles. The summed E-state index contributed by atoms with van der Waals surface area (Å²) in [6.07, 6.45) is 1.93. The third kappa shape index (κ3) is 1.56. The number of hydrogen-bond acceptors (Lipinski definition) is 1. The number of aromatic nitrogens is 1. The van der Waals surface area contributed by atoms with Gasteiger partial charge >= 0.3 is 0 Å². The predicted octanol–water partition coefficient (Wildman–Crippen LogP) is 2.70. The minimum atomic E-state index is 0.0419. The first-order valence-corrected chi connectivity index (χ1v) is 4.77. The van der Waals surface area contributed by atoms with Gasteiger partial charge in [0.2, 0.25) is 0 Å². The Kier molecular flexibility index (Phi) is 2.37. The van der Waals surface area contributed by atoms with Gasteiger partial charge < -0.3 is 10.7 Å². The van der Waals surface area contributed by atoms with Crippen LogP contribution in [-0.4, -0.2) is 4.98 Å². The van der Waals surface area contributed by atoms with E-state index in [-0.39, 0.29) is 6.04 Å². The molecule has 3 N–H and O–H groups in total. The minimum Gasteiger partial charge on any atom is -0.363 e. The van der Waals surface area contributed by atoms with Crippen LogP contribution < -0.4 is 5.73 Å². The van der Waals surface area contributed by atoms with Crippen LogP contribution in [0, 0.1) is 0 Å². The molecule has 0 saturated carbocycles. The molecular weight excluding hydrogens is 172 g/mol. The van der Waals surface area contributed by atoms with Gasteiger partial charge in [0.25, 0.3) is 0 Å². The summed E-state index contributed by atoms with van der Waals surface area (Å²) >= 11 is 0. The minimum absolute atomic E-state index is 0.0419. The number of benzene rings is 1. The number of H-pyrrole nitrogens is 1. The first-order chi connectivity index (χ1) is 6.79. The zero-order valence-corrected chi connectivity index (χ0v) is 8.20. The lowest BCUT2D eigenvalue weighted by Crippen LogP contribution is -2.06. The van der Waals surface area contributed by atoms with Crippen molar-refractivity contribution in [3.8, 4) is 11.1 Å². The van der Waals surface area contributed by atoms with Crippen molar-refractivity contribution in [3.05, 3.63) is 48.3 Å². The summed E-state index contributed by atoms with van der Waals surface area (Å²) in [5.41, 5.74) is 9.36. The van der Waals surface area contributed by atoms with Crippen molar-refractivity contribution in [1.29, 1.82) is 0 Å². The Morgan fingerprint density at radius 3 is 2.50 bits per heavy atom.